The van der Waals surface area contributed by atoms with Gasteiger partial charge in [0.05, 0.1) is 0 Å². The van der Waals surface area contributed by atoms with E-state index in [0.717, 1.165) is 44.5 Å². The van der Waals surface area contributed by atoms with E-state index in [0.29, 0.717) is 10.0 Å². The minimum Gasteiger partial charge on any atom is -0.439 e. The largest absolute Gasteiger partial charge is 0.439 e. The Hall–Kier alpha value is -1.50. The standard InChI is InChI=1S/C18H25Cl2N3O3/c1-21-17(24)12-26-18(25)22(2)15-6-9-23(10-7-15)8-5-13-3-4-14(19)11-16(13)20/h3-4,11,15H,5-10,12H2,1-2H3,(H,21,24). The van der Waals surface area contributed by atoms with Gasteiger partial charge in [-0.15, -0.1) is 0 Å². The Balaban J connectivity index is 1.74. The van der Waals surface area contributed by atoms with E-state index in [1.54, 1.807) is 18.0 Å². The van der Waals surface area contributed by atoms with Crippen LogP contribution in [0.4, 0.5) is 4.79 Å². The zero-order chi connectivity index (χ0) is 19.1. The van der Waals surface area contributed by atoms with E-state index in [4.69, 9.17) is 27.9 Å². The van der Waals surface area contributed by atoms with Crippen LogP contribution in [0.25, 0.3) is 0 Å². The van der Waals surface area contributed by atoms with Gasteiger partial charge in [0.15, 0.2) is 6.61 Å². The molecule has 0 saturated carbocycles. The lowest BCUT2D eigenvalue weighted by Crippen LogP contribution is -2.46. The molecule has 1 heterocycles. The van der Waals surface area contributed by atoms with E-state index >= 15 is 0 Å². The molecule has 1 aliphatic heterocycles. The summed E-state index contributed by atoms with van der Waals surface area (Å²) in [6.07, 6.45) is 2.16. The van der Waals surface area contributed by atoms with Crippen LogP contribution in [-0.2, 0) is 16.0 Å². The Kier molecular flexibility index (Phi) is 8.00. The molecule has 0 radical (unpaired) electrons. The van der Waals surface area contributed by atoms with Gasteiger partial charge in [-0.25, -0.2) is 4.79 Å². The summed E-state index contributed by atoms with van der Waals surface area (Å²) in [4.78, 5) is 27.1. The number of nitrogens with zero attached hydrogens (tertiary/aromatic N) is 2. The first-order valence-corrected chi connectivity index (χ1v) is 9.42. The summed E-state index contributed by atoms with van der Waals surface area (Å²) in [5.41, 5.74) is 1.09. The van der Waals surface area contributed by atoms with Crippen molar-refractivity contribution in [3.8, 4) is 0 Å². The summed E-state index contributed by atoms with van der Waals surface area (Å²) in [6.45, 7) is 2.48. The summed E-state index contributed by atoms with van der Waals surface area (Å²) in [5, 5.41) is 3.77. The van der Waals surface area contributed by atoms with E-state index < -0.39 is 6.09 Å². The normalized spacial score (nSPS) is 15.5. The summed E-state index contributed by atoms with van der Waals surface area (Å²) in [7, 11) is 3.23. The maximum atomic E-state index is 12.0. The smallest absolute Gasteiger partial charge is 0.410 e. The quantitative estimate of drug-likeness (QED) is 0.795. The first-order valence-electron chi connectivity index (χ1n) is 8.67. The van der Waals surface area contributed by atoms with Gasteiger partial charge in [-0.05, 0) is 37.0 Å². The summed E-state index contributed by atoms with van der Waals surface area (Å²) >= 11 is 12.1. The summed E-state index contributed by atoms with van der Waals surface area (Å²) in [5.74, 6) is -0.317. The molecule has 0 bridgehead atoms. The highest BCUT2D eigenvalue weighted by molar-refractivity contribution is 6.35. The van der Waals surface area contributed by atoms with Crippen molar-refractivity contribution in [1.82, 2.24) is 15.1 Å². The van der Waals surface area contributed by atoms with Crippen LogP contribution < -0.4 is 5.32 Å². The maximum absolute atomic E-state index is 12.0. The fourth-order valence-electron chi connectivity index (χ4n) is 2.98. The number of hydrogen-bond acceptors (Lipinski definition) is 4. The number of likely N-dealkylation sites (tertiary alicyclic amines) is 1. The number of carbonyl (C=O) groups is 2. The van der Waals surface area contributed by atoms with Crippen molar-refractivity contribution in [3.63, 3.8) is 0 Å². The van der Waals surface area contributed by atoms with Crippen molar-refractivity contribution >= 4 is 35.2 Å². The lowest BCUT2D eigenvalue weighted by atomic mass is 10.0. The van der Waals surface area contributed by atoms with E-state index in [1.807, 2.05) is 12.1 Å². The van der Waals surface area contributed by atoms with Gasteiger partial charge < -0.3 is 19.9 Å². The van der Waals surface area contributed by atoms with Crippen molar-refractivity contribution in [1.29, 1.82) is 0 Å². The van der Waals surface area contributed by atoms with Crippen molar-refractivity contribution in [2.75, 3.05) is 40.3 Å². The van der Waals surface area contributed by atoms with Gasteiger partial charge in [0.2, 0.25) is 0 Å². The second-order valence-corrected chi connectivity index (χ2v) is 7.24. The molecule has 0 unspecified atom stereocenters. The zero-order valence-corrected chi connectivity index (χ0v) is 16.6. The average molecular weight is 402 g/mol. The van der Waals surface area contributed by atoms with Crippen molar-refractivity contribution in [3.05, 3.63) is 33.8 Å². The Morgan fingerprint density at radius 3 is 2.62 bits per heavy atom. The van der Waals surface area contributed by atoms with Crippen LogP contribution in [-0.4, -0.2) is 68.2 Å². The van der Waals surface area contributed by atoms with Gasteiger partial charge in [-0.3, -0.25) is 4.79 Å². The molecule has 144 valence electrons. The number of piperidine rings is 1. The molecular formula is C18H25Cl2N3O3. The second-order valence-electron chi connectivity index (χ2n) is 6.40. The Morgan fingerprint density at radius 1 is 1.31 bits per heavy atom. The van der Waals surface area contributed by atoms with Gasteiger partial charge in [0.25, 0.3) is 5.91 Å². The monoisotopic (exact) mass is 401 g/mol. The Morgan fingerprint density at radius 2 is 2.00 bits per heavy atom. The van der Waals surface area contributed by atoms with Crippen LogP contribution in [0, 0.1) is 0 Å². The molecule has 1 fully saturated rings. The highest BCUT2D eigenvalue weighted by Crippen LogP contribution is 2.22. The number of ether oxygens (including phenoxy) is 1. The van der Waals surface area contributed by atoms with E-state index in [1.165, 1.54) is 7.05 Å². The highest BCUT2D eigenvalue weighted by atomic mass is 35.5. The lowest BCUT2D eigenvalue weighted by Gasteiger charge is -2.36. The molecule has 1 aliphatic rings. The summed E-state index contributed by atoms with van der Waals surface area (Å²) < 4.78 is 5.00. The molecule has 0 aliphatic carbocycles. The van der Waals surface area contributed by atoms with Gasteiger partial charge in [0.1, 0.15) is 0 Å². The topological polar surface area (TPSA) is 61.9 Å². The molecule has 0 aromatic heterocycles. The molecule has 26 heavy (non-hydrogen) atoms. The predicted molar refractivity (Wildman–Crippen MR) is 103 cm³/mol. The molecule has 1 saturated heterocycles. The number of benzene rings is 1. The molecule has 1 aromatic carbocycles. The van der Waals surface area contributed by atoms with Crippen molar-refractivity contribution in [2.24, 2.45) is 0 Å². The number of amides is 2. The van der Waals surface area contributed by atoms with Crippen LogP contribution in [0.15, 0.2) is 18.2 Å². The minimum absolute atomic E-state index is 0.127. The second kappa shape index (κ2) is 10.00. The number of halogens is 2. The van der Waals surface area contributed by atoms with E-state index in [2.05, 4.69) is 10.2 Å². The van der Waals surface area contributed by atoms with Gasteiger partial charge in [-0.1, -0.05) is 29.3 Å². The molecule has 8 heteroatoms. The third-order valence-corrected chi connectivity index (χ3v) is 5.30. The third kappa shape index (κ3) is 6.04. The lowest BCUT2D eigenvalue weighted by molar-refractivity contribution is -0.123. The molecule has 1 aromatic rings. The fourth-order valence-corrected chi connectivity index (χ4v) is 3.49. The number of rotatable bonds is 6. The van der Waals surface area contributed by atoms with Crippen molar-refractivity contribution < 1.29 is 14.3 Å². The Bertz CT molecular complexity index is 634. The van der Waals surface area contributed by atoms with Gasteiger partial charge in [0, 0.05) is 49.8 Å². The average Bonchev–Trinajstić information content (AvgIpc) is 2.65. The van der Waals surface area contributed by atoms with Crippen LogP contribution in [0.5, 0.6) is 0 Å². The molecule has 0 atom stereocenters. The molecule has 1 N–H and O–H groups in total. The third-order valence-electron chi connectivity index (χ3n) is 4.71. The summed E-state index contributed by atoms with van der Waals surface area (Å²) in [6, 6.07) is 5.72. The molecule has 6 nitrogen and oxygen atoms in total. The number of hydrogen-bond donors (Lipinski definition) is 1. The number of likely N-dealkylation sites (N-methyl/N-ethyl adjacent to an activating group) is 1. The van der Waals surface area contributed by atoms with E-state index in [-0.39, 0.29) is 18.6 Å². The Labute approximate surface area is 164 Å². The minimum atomic E-state index is -0.458. The first kappa shape index (κ1) is 20.8. The maximum Gasteiger partial charge on any atom is 0.410 e. The van der Waals surface area contributed by atoms with Crippen LogP contribution in [0.3, 0.4) is 0 Å². The SMILES string of the molecule is CNC(=O)COC(=O)N(C)C1CCN(CCc2ccc(Cl)cc2Cl)CC1. The zero-order valence-electron chi connectivity index (χ0n) is 15.1. The molecule has 2 rings (SSSR count). The predicted octanol–water partition coefficient (Wildman–Crippen LogP) is 2.81. The molecule has 2 amide bonds. The fraction of sp³-hybridized carbons (Fsp3) is 0.556. The van der Waals surface area contributed by atoms with Crippen LogP contribution >= 0.6 is 23.2 Å². The molecule has 0 spiro atoms. The van der Waals surface area contributed by atoms with Crippen molar-refractivity contribution in [2.45, 2.75) is 25.3 Å². The number of carbonyl (C=O) groups excluding carboxylic acids is 2. The van der Waals surface area contributed by atoms with Crippen LogP contribution in [0.2, 0.25) is 10.0 Å². The van der Waals surface area contributed by atoms with Gasteiger partial charge in [-0.2, -0.15) is 0 Å². The number of nitrogens with one attached hydrogen (secondary N) is 1. The highest BCUT2D eigenvalue weighted by Gasteiger charge is 2.26. The van der Waals surface area contributed by atoms with Crippen LogP contribution in [0.1, 0.15) is 18.4 Å². The first-order chi connectivity index (χ1) is 12.4. The van der Waals surface area contributed by atoms with E-state index in [9.17, 15) is 9.59 Å². The van der Waals surface area contributed by atoms with Gasteiger partial charge >= 0.3 is 6.09 Å². The molecular weight excluding hydrogens is 377 g/mol.